The topological polar surface area (TPSA) is 48.0 Å². The van der Waals surface area contributed by atoms with E-state index in [1.54, 1.807) is 0 Å². The highest BCUT2D eigenvalue weighted by molar-refractivity contribution is 6.17. The normalized spacial score (nSPS) is 11.6. The van der Waals surface area contributed by atoms with Crippen molar-refractivity contribution in [2.45, 2.75) is 0 Å². The minimum atomic E-state index is 0.622. The van der Waals surface area contributed by atoms with Gasteiger partial charge in [0.1, 0.15) is 5.65 Å². The minimum Gasteiger partial charge on any atom is -0.300 e. The third-order valence-electron chi connectivity index (χ3n) is 8.36. The first-order valence-corrected chi connectivity index (χ1v) is 14.7. The van der Waals surface area contributed by atoms with Crippen LogP contribution in [-0.2, 0) is 0 Å². The molecule has 0 unspecified atom stereocenters. The van der Waals surface area contributed by atoms with E-state index in [4.69, 9.17) is 15.0 Å². The molecule has 4 heterocycles. The lowest BCUT2D eigenvalue weighted by Gasteiger charge is -2.14. The molecule has 0 aliphatic rings. The second-order valence-electron chi connectivity index (χ2n) is 10.9. The van der Waals surface area contributed by atoms with Crippen LogP contribution in [-0.4, -0.2) is 23.9 Å². The largest absolute Gasteiger partial charge is 0.300 e. The summed E-state index contributed by atoms with van der Waals surface area (Å²) in [5.74, 6) is 0.622. The van der Waals surface area contributed by atoms with Gasteiger partial charge in [-0.25, -0.2) is 15.0 Å². The molecule has 5 aromatic carbocycles. The summed E-state index contributed by atoms with van der Waals surface area (Å²) in [6.45, 7) is 0. The second kappa shape index (κ2) is 9.75. The van der Waals surface area contributed by atoms with Crippen molar-refractivity contribution in [1.29, 1.82) is 0 Å². The van der Waals surface area contributed by atoms with E-state index in [0.717, 1.165) is 72.1 Å². The van der Waals surface area contributed by atoms with Crippen LogP contribution < -0.4 is 0 Å². The summed E-state index contributed by atoms with van der Waals surface area (Å²) < 4.78 is 4.39. The number of nitrogens with zero attached hydrogens (tertiary/aromatic N) is 5. The van der Waals surface area contributed by atoms with Crippen molar-refractivity contribution < 1.29 is 0 Å². The first kappa shape index (κ1) is 24.5. The Kier molecular flexibility index (Phi) is 5.43. The molecule has 206 valence electrons. The fraction of sp³-hybridized carbons (Fsp3) is 0. The van der Waals surface area contributed by atoms with Crippen LogP contribution >= 0.6 is 0 Å². The monoisotopic (exact) mass is 563 g/mol. The van der Waals surface area contributed by atoms with Gasteiger partial charge >= 0.3 is 0 Å². The Bertz CT molecular complexity index is 2480. The molecule has 9 rings (SSSR count). The van der Waals surface area contributed by atoms with Crippen LogP contribution in [0.2, 0.25) is 0 Å². The van der Waals surface area contributed by atoms with Gasteiger partial charge < -0.3 is 0 Å². The minimum absolute atomic E-state index is 0.622. The Morgan fingerprint density at radius 3 is 1.89 bits per heavy atom. The van der Waals surface area contributed by atoms with Crippen molar-refractivity contribution in [2.24, 2.45) is 0 Å². The van der Waals surface area contributed by atoms with Gasteiger partial charge in [0.05, 0.1) is 33.5 Å². The highest BCUT2D eigenvalue weighted by Gasteiger charge is 2.26. The molecular weight excluding hydrogens is 538 g/mol. The lowest BCUT2D eigenvalue weighted by Crippen LogP contribution is -2.05. The molecule has 0 aliphatic heterocycles. The predicted octanol–water partition coefficient (Wildman–Crippen LogP) is 9.38. The van der Waals surface area contributed by atoms with E-state index in [2.05, 4.69) is 130 Å². The van der Waals surface area contributed by atoms with Crippen molar-refractivity contribution in [3.8, 4) is 39.6 Å². The smallest absolute Gasteiger partial charge is 0.235 e. The van der Waals surface area contributed by atoms with Crippen LogP contribution in [0.3, 0.4) is 0 Å². The summed E-state index contributed by atoms with van der Waals surface area (Å²) in [6, 6.07) is 50.3. The maximum Gasteiger partial charge on any atom is 0.235 e. The molecule has 44 heavy (non-hydrogen) atoms. The number of imidazole rings is 1. The number of fused-ring (bicyclic) bond motifs is 6. The van der Waals surface area contributed by atoms with E-state index in [0.29, 0.717) is 5.95 Å². The third-order valence-corrected chi connectivity index (χ3v) is 8.36. The van der Waals surface area contributed by atoms with Gasteiger partial charge in [-0.3, -0.25) is 8.97 Å². The average Bonchev–Trinajstić information content (AvgIpc) is 3.65. The van der Waals surface area contributed by atoms with Crippen LogP contribution in [0, 0.1) is 0 Å². The van der Waals surface area contributed by atoms with Crippen molar-refractivity contribution >= 4 is 38.5 Å². The molecular formula is C39H25N5. The summed E-state index contributed by atoms with van der Waals surface area (Å²) in [4.78, 5) is 15.8. The molecule has 0 radical (unpaired) electrons. The molecule has 0 saturated heterocycles. The fourth-order valence-corrected chi connectivity index (χ4v) is 6.45. The molecule has 0 fully saturated rings. The van der Waals surface area contributed by atoms with Crippen LogP contribution in [0.25, 0.3) is 78.1 Å². The van der Waals surface area contributed by atoms with Gasteiger partial charge in [-0.05, 0) is 41.5 Å². The summed E-state index contributed by atoms with van der Waals surface area (Å²) >= 11 is 0. The number of hydrogen-bond acceptors (Lipinski definition) is 3. The molecule has 5 nitrogen and oxygen atoms in total. The van der Waals surface area contributed by atoms with E-state index >= 15 is 0 Å². The van der Waals surface area contributed by atoms with E-state index in [1.807, 2.05) is 30.3 Å². The van der Waals surface area contributed by atoms with Gasteiger partial charge in [0.25, 0.3) is 0 Å². The number of benzene rings is 5. The van der Waals surface area contributed by atoms with Gasteiger partial charge in [0.2, 0.25) is 5.95 Å². The van der Waals surface area contributed by atoms with E-state index in [9.17, 15) is 0 Å². The van der Waals surface area contributed by atoms with Gasteiger partial charge in [-0.15, -0.1) is 0 Å². The van der Waals surface area contributed by atoms with Crippen LogP contribution in [0.5, 0.6) is 0 Å². The number of pyridine rings is 1. The van der Waals surface area contributed by atoms with E-state index in [-0.39, 0.29) is 0 Å². The summed E-state index contributed by atoms with van der Waals surface area (Å²) in [5, 5.41) is 2.10. The first-order chi connectivity index (χ1) is 21.8. The van der Waals surface area contributed by atoms with Gasteiger partial charge in [-0.2, -0.15) is 0 Å². The highest BCUT2D eigenvalue weighted by atomic mass is 15.2. The Labute approximate surface area is 253 Å². The Hall–Kier alpha value is -6.07. The standard InChI is InChI=1S/C39H25N5/c1-4-14-26(15-5-1)34-35-31(23-24-32-37(35)41-33-22-12-13-25-43(32)33)44(38(34)28-18-8-3-9-19-28)39-40-30-21-11-10-20-29(30)36(42-39)27-16-6-2-7-17-27/h1-25H. The molecule has 0 N–H and O–H groups in total. The van der Waals surface area contributed by atoms with Crippen molar-refractivity contribution in [1.82, 2.24) is 23.9 Å². The van der Waals surface area contributed by atoms with Gasteiger partial charge in [0.15, 0.2) is 0 Å². The van der Waals surface area contributed by atoms with Gasteiger partial charge in [-0.1, -0.05) is 115 Å². The first-order valence-electron chi connectivity index (χ1n) is 14.7. The highest BCUT2D eigenvalue weighted by Crippen LogP contribution is 2.45. The van der Waals surface area contributed by atoms with Gasteiger partial charge in [0, 0.05) is 28.1 Å². The van der Waals surface area contributed by atoms with E-state index < -0.39 is 0 Å². The Morgan fingerprint density at radius 1 is 0.477 bits per heavy atom. The second-order valence-corrected chi connectivity index (χ2v) is 10.9. The third kappa shape index (κ3) is 3.69. The zero-order valence-corrected chi connectivity index (χ0v) is 23.7. The average molecular weight is 564 g/mol. The quantitative estimate of drug-likeness (QED) is 0.214. The molecule has 0 atom stereocenters. The predicted molar refractivity (Wildman–Crippen MR) is 179 cm³/mol. The van der Waals surface area contributed by atoms with Crippen molar-refractivity contribution in [3.63, 3.8) is 0 Å². The SMILES string of the molecule is c1ccc(-c2nc(-n3c(-c4ccccc4)c(-c4ccccc4)c4c5nc6ccccn6c5ccc43)nc3ccccc23)cc1. The zero-order valence-electron chi connectivity index (χ0n) is 23.7. The molecule has 0 aliphatic carbocycles. The molecule has 9 aromatic rings. The maximum atomic E-state index is 5.33. The lowest BCUT2D eigenvalue weighted by molar-refractivity contribution is 0.991. The van der Waals surface area contributed by atoms with Crippen LogP contribution in [0.15, 0.2) is 152 Å². The number of rotatable bonds is 4. The van der Waals surface area contributed by atoms with Crippen molar-refractivity contribution in [3.05, 3.63) is 152 Å². The lowest BCUT2D eigenvalue weighted by atomic mass is 9.98. The Balaban J connectivity index is 1.49. The summed E-state index contributed by atoms with van der Waals surface area (Å²) in [5.41, 5.74) is 11.1. The fourth-order valence-electron chi connectivity index (χ4n) is 6.45. The summed E-state index contributed by atoms with van der Waals surface area (Å²) in [7, 11) is 0. The Morgan fingerprint density at radius 2 is 1.11 bits per heavy atom. The molecule has 5 heteroatoms. The number of hydrogen-bond donors (Lipinski definition) is 0. The van der Waals surface area contributed by atoms with E-state index in [1.165, 1.54) is 0 Å². The zero-order chi connectivity index (χ0) is 29.0. The number of aromatic nitrogens is 5. The molecule has 0 spiro atoms. The summed E-state index contributed by atoms with van der Waals surface area (Å²) in [6.07, 6.45) is 2.08. The maximum absolute atomic E-state index is 5.33. The molecule has 0 saturated carbocycles. The van der Waals surface area contributed by atoms with Crippen LogP contribution in [0.1, 0.15) is 0 Å². The van der Waals surface area contributed by atoms with Crippen molar-refractivity contribution in [2.75, 3.05) is 0 Å². The number of para-hydroxylation sites is 1. The molecule has 0 bridgehead atoms. The molecule has 4 aromatic heterocycles. The molecule has 0 amide bonds. The van der Waals surface area contributed by atoms with Crippen LogP contribution in [0.4, 0.5) is 0 Å².